The molecule has 0 spiro atoms. The summed E-state index contributed by atoms with van der Waals surface area (Å²) in [4.78, 5) is 10.8. The van der Waals surface area contributed by atoms with Crippen LogP contribution in [0.3, 0.4) is 0 Å². The molecule has 180 valence electrons. The Labute approximate surface area is 206 Å². The van der Waals surface area contributed by atoms with Crippen molar-refractivity contribution in [3.05, 3.63) is 60.6 Å². The van der Waals surface area contributed by atoms with Crippen LogP contribution in [0.4, 0.5) is 11.5 Å². The molecule has 0 saturated heterocycles. The van der Waals surface area contributed by atoms with E-state index >= 15 is 0 Å². The normalized spacial score (nSPS) is 11.2. The van der Waals surface area contributed by atoms with Crippen LogP contribution in [0, 0.1) is 11.3 Å². The van der Waals surface area contributed by atoms with Crippen LogP contribution >= 0.6 is 0 Å². The average Bonchev–Trinajstić information content (AvgIpc) is 3.24. The lowest BCUT2D eigenvalue weighted by molar-refractivity contribution is 0.405. The summed E-state index contributed by atoms with van der Waals surface area (Å²) < 4.78 is 8.21. The molecular formula is C27H31N7O. The third-order valence-corrected chi connectivity index (χ3v) is 5.82. The number of aromatic nitrogens is 3. The number of benzene rings is 2. The molecule has 2 aromatic carbocycles. The van der Waals surface area contributed by atoms with Gasteiger partial charge in [-0.3, -0.25) is 0 Å². The summed E-state index contributed by atoms with van der Waals surface area (Å²) in [5.41, 5.74) is 10.3. The maximum atomic E-state index is 9.78. The second kappa shape index (κ2) is 10.5. The first-order chi connectivity index (χ1) is 16.9. The molecule has 3 N–H and O–H groups in total. The van der Waals surface area contributed by atoms with Gasteiger partial charge in [0.05, 0.1) is 11.1 Å². The summed E-state index contributed by atoms with van der Waals surface area (Å²) >= 11 is 0. The van der Waals surface area contributed by atoms with Crippen LogP contribution in [0.15, 0.2) is 55.0 Å². The Morgan fingerprint density at radius 1 is 1.14 bits per heavy atom. The van der Waals surface area contributed by atoms with Gasteiger partial charge in [-0.25, -0.2) is 9.97 Å². The second-order valence-electron chi connectivity index (χ2n) is 9.00. The summed E-state index contributed by atoms with van der Waals surface area (Å²) in [5.74, 6) is 1.62. The number of nitrogens with zero attached hydrogens (tertiary/aromatic N) is 5. The number of rotatable bonds is 9. The monoisotopic (exact) mass is 469 g/mol. The second-order valence-corrected chi connectivity index (χ2v) is 9.00. The number of nitrogen functional groups attached to an aromatic ring is 1. The van der Waals surface area contributed by atoms with E-state index in [4.69, 9.17) is 10.5 Å². The Bertz CT molecular complexity index is 1350. The lowest BCUT2D eigenvalue weighted by Crippen LogP contribution is -2.16. The molecule has 0 bridgehead atoms. The molecule has 0 aliphatic carbocycles. The van der Waals surface area contributed by atoms with E-state index in [1.807, 2.05) is 56.6 Å². The van der Waals surface area contributed by atoms with Gasteiger partial charge in [0, 0.05) is 24.3 Å². The van der Waals surface area contributed by atoms with Crippen molar-refractivity contribution in [2.75, 3.05) is 38.2 Å². The van der Waals surface area contributed by atoms with E-state index in [1.54, 1.807) is 0 Å². The first-order valence-electron chi connectivity index (χ1n) is 11.7. The van der Waals surface area contributed by atoms with E-state index in [0.717, 1.165) is 47.4 Å². The minimum absolute atomic E-state index is 0.233. The van der Waals surface area contributed by atoms with E-state index < -0.39 is 0 Å². The molecule has 8 nitrogen and oxygen atoms in total. The first kappa shape index (κ1) is 24.0. The van der Waals surface area contributed by atoms with Gasteiger partial charge in [-0.05, 0) is 70.7 Å². The molecule has 2 heterocycles. The molecule has 4 aromatic rings. The third kappa shape index (κ3) is 5.20. The number of nitriles is 1. The van der Waals surface area contributed by atoms with Crippen molar-refractivity contribution in [3.63, 3.8) is 0 Å². The highest BCUT2D eigenvalue weighted by molar-refractivity contribution is 6.00. The smallest absolute Gasteiger partial charge is 0.147 e. The molecule has 8 heteroatoms. The Morgan fingerprint density at radius 2 is 1.91 bits per heavy atom. The molecule has 0 saturated carbocycles. The highest BCUT2D eigenvalue weighted by Gasteiger charge is 2.17. The third-order valence-electron chi connectivity index (χ3n) is 5.82. The first-order valence-corrected chi connectivity index (χ1v) is 11.7. The molecule has 0 aliphatic rings. The highest BCUT2D eigenvalue weighted by atomic mass is 16.5. The topological polar surface area (TPSA) is 105 Å². The zero-order valence-electron chi connectivity index (χ0n) is 20.6. The van der Waals surface area contributed by atoms with Gasteiger partial charge in [0.1, 0.15) is 40.9 Å². The van der Waals surface area contributed by atoms with Crippen molar-refractivity contribution in [1.82, 2.24) is 19.4 Å². The maximum absolute atomic E-state index is 9.78. The van der Waals surface area contributed by atoms with Gasteiger partial charge in [-0.1, -0.05) is 18.2 Å². The summed E-state index contributed by atoms with van der Waals surface area (Å²) in [6.45, 7) is 5.97. The zero-order valence-corrected chi connectivity index (χ0v) is 20.6. The molecule has 0 fully saturated rings. The Kier molecular flexibility index (Phi) is 7.18. The molecule has 0 amide bonds. The lowest BCUT2D eigenvalue weighted by Gasteiger charge is -2.14. The Hall–Kier alpha value is -4.09. The highest BCUT2D eigenvalue weighted by Crippen LogP contribution is 2.36. The number of nitrogens with one attached hydrogen (secondary N) is 1. The number of fused-ring (bicyclic) bond motifs is 1. The summed E-state index contributed by atoms with van der Waals surface area (Å²) in [6, 6.07) is 15.9. The van der Waals surface area contributed by atoms with Gasteiger partial charge in [0.25, 0.3) is 0 Å². The summed E-state index contributed by atoms with van der Waals surface area (Å²) in [7, 11) is 4.09. The van der Waals surface area contributed by atoms with Crippen molar-refractivity contribution in [3.8, 4) is 28.7 Å². The van der Waals surface area contributed by atoms with Gasteiger partial charge in [-0.2, -0.15) is 5.26 Å². The van der Waals surface area contributed by atoms with Gasteiger partial charge in [-0.15, -0.1) is 0 Å². The molecule has 0 radical (unpaired) electrons. The zero-order chi connectivity index (χ0) is 24.9. The number of anilines is 2. The van der Waals surface area contributed by atoms with Crippen molar-refractivity contribution >= 4 is 22.5 Å². The fraction of sp³-hybridized carbons (Fsp3) is 0.296. The number of hydrogen-bond donors (Lipinski definition) is 2. The van der Waals surface area contributed by atoms with Crippen LogP contribution in [-0.4, -0.2) is 46.6 Å². The minimum Gasteiger partial charge on any atom is -0.456 e. The predicted octanol–water partition coefficient (Wildman–Crippen LogP) is 5.29. The standard InChI is InChI=1S/C27H31N7O/c1-18(2)34-16-22(25-26(29)31-17-32-27(25)34)19-9-11-20(12-10-19)35-24-8-5-7-23(21(24)15-28)30-13-6-14-33(3)4/h5,7-12,16-18,30H,6,13-14H2,1-4H3,(H2,29,31,32). The molecule has 0 aliphatic heterocycles. The van der Waals surface area contributed by atoms with Gasteiger partial charge < -0.3 is 25.3 Å². The van der Waals surface area contributed by atoms with Crippen molar-refractivity contribution in [2.24, 2.45) is 0 Å². The van der Waals surface area contributed by atoms with E-state index in [9.17, 15) is 5.26 Å². The van der Waals surface area contributed by atoms with Gasteiger partial charge >= 0.3 is 0 Å². The number of ether oxygens (including phenoxy) is 1. The van der Waals surface area contributed by atoms with E-state index in [0.29, 0.717) is 22.9 Å². The Balaban J connectivity index is 1.57. The quantitative estimate of drug-likeness (QED) is 0.321. The SMILES string of the molecule is CC(C)n1cc(-c2ccc(Oc3cccc(NCCCN(C)C)c3C#N)cc2)c2c(N)ncnc21. The fourth-order valence-corrected chi connectivity index (χ4v) is 4.05. The van der Waals surface area contributed by atoms with Crippen LogP contribution in [-0.2, 0) is 0 Å². The lowest BCUT2D eigenvalue weighted by atomic mass is 10.1. The molecule has 2 aromatic heterocycles. The molecule has 4 rings (SSSR count). The van der Waals surface area contributed by atoms with Gasteiger partial charge in [0.2, 0.25) is 0 Å². The fourth-order valence-electron chi connectivity index (χ4n) is 4.05. The molecular weight excluding hydrogens is 438 g/mol. The van der Waals surface area contributed by atoms with Crippen LogP contribution in [0.2, 0.25) is 0 Å². The van der Waals surface area contributed by atoms with Crippen molar-refractivity contribution < 1.29 is 4.74 Å². The van der Waals surface area contributed by atoms with Crippen LogP contribution in [0.1, 0.15) is 31.9 Å². The molecule has 0 atom stereocenters. The van der Waals surface area contributed by atoms with Gasteiger partial charge in [0.15, 0.2) is 0 Å². The number of nitrogens with two attached hydrogens (primary N) is 1. The maximum Gasteiger partial charge on any atom is 0.147 e. The predicted molar refractivity (Wildman–Crippen MR) is 141 cm³/mol. The van der Waals surface area contributed by atoms with Crippen LogP contribution < -0.4 is 15.8 Å². The average molecular weight is 470 g/mol. The van der Waals surface area contributed by atoms with E-state index in [-0.39, 0.29) is 6.04 Å². The minimum atomic E-state index is 0.233. The van der Waals surface area contributed by atoms with E-state index in [2.05, 4.69) is 50.9 Å². The van der Waals surface area contributed by atoms with Crippen LogP contribution in [0.5, 0.6) is 11.5 Å². The number of hydrogen-bond acceptors (Lipinski definition) is 7. The summed E-state index contributed by atoms with van der Waals surface area (Å²) in [5, 5.41) is 14.0. The molecule has 35 heavy (non-hydrogen) atoms. The largest absolute Gasteiger partial charge is 0.456 e. The molecule has 0 unspecified atom stereocenters. The van der Waals surface area contributed by atoms with Crippen molar-refractivity contribution in [1.29, 1.82) is 5.26 Å². The van der Waals surface area contributed by atoms with E-state index in [1.165, 1.54) is 6.33 Å². The van der Waals surface area contributed by atoms with Crippen molar-refractivity contribution in [2.45, 2.75) is 26.3 Å². The van der Waals surface area contributed by atoms with Crippen LogP contribution in [0.25, 0.3) is 22.2 Å². The summed E-state index contributed by atoms with van der Waals surface area (Å²) in [6.07, 6.45) is 4.54. The Morgan fingerprint density at radius 3 is 2.60 bits per heavy atom.